The number of nitrogens with zero attached hydrogens (tertiary/aromatic N) is 3. The zero-order valence-electron chi connectivity index (χ0n) is 17.0. The molecule has 5 nitrogen and oxygen atoms in total. The quantitative estimate of drug-likeness (QED) is 0.597. The fraction of sp³-hybridized carbons (Fsp3) is 0.292. The lowest BCUT2D eigenvalue weighted by molar-refractivity contribution is 0.131. The highest BCUT2D eigenvalue weighted by Crippen LogP contribution is 2.29. The van der Waals surface area contributed by atoms with E-state index in [2.05, 4.69) is 57.5 Å². The number of hydrogen-bond acceptors (Lipinski definition) is 5. The van der Waals surface area contributed by atoms with Crippen molar-refractivity contribution in [3.05, 3.63) is 71.8 Å². The van der Waals surface area contributed by atoms with Crippen molar-refractivity contribution in [1.82, 2.24) is 9.91 Å². The average molecular weight is 389 g/mol. The lowest BCUT2D eigenvalue weighted by Crippen LogP contribution is -2.43. The van der Waals surface area contributed by atoms with Crippen molar-refractivity contribution >= 4 is 17.0 Å². The number of hydrogen-bond donors (Lipinski definition) is 0. The molecule has 1 aliphatic heterocycles. The Balaban J connectivity index is 1.38. The summed E-state index contributed by atoms with van der Waals surface area (Å²) in [4.78, 5) is 2.50. The van der Waals surface area contributed by atoms with Gasteiger partial charge in [-0.25, -0.2) is 0 Å². The molecule has 0 aliphatic carbocycles. The van der Waals surface area contributed by atoms with Gasteiger partial charge in [-0.1, -0.05) is 48.5 Å². The van der Waals surface area contributed by atoms with Gasteiger partial charge < -0.3 is 9.47 Å². The van der Waals surface area contributed by atoms with E-state index in [0.29, 0.717) is 5.75 Å². The summed E-state index contributed by atoms with van der Waals surface area (Å²) in [5.74, 6) is 1.43. The first-order valence-corrected chi connectivity index (χ1v) is 9.97. The largest absolute Gasteiger partial charge is 0.493 e. The minimum absolute atomic E-state index is 0.716. The Morgan fingerprint density at radius 3 is 2.41 bits per heavy atom. The number of fused-ring (bicyclic) bond motifs is 1. The summed E-state index contributed by atoms with van der Waals surface area (Å²) in [6.45, 7) is 4.79. The molecule has 4 rings (SSSR count). The Morgan fingerprint density at radius 2 is 1.62 bits per heavy atom. The third kappa shape index (κ3) is 4.35. The molecule has 0 radical (unpaired) electrons. The SMILES string of the molecule is COc1cccc(/C=N\N2CCN(Cc3cccc4ccccc34)CC2)c1OC. The first-order valence-electron chi connectivity index (χ1n) is 9.97. The summed E-state index contributed by atoms with van der Waals surface area (Å²) in [6, 6.07) is 21.0. The smallest absolute Gasteiger partial charge is 0.169 e. The van der Waals surface area contributed by atoms with Gasteiger partial charge in [0.05, 0.1) is 20.4 Å². The summed E-state index contributed by atoms with van der Waals surface area (Å²) in [6.07, 6.45) is 1.86. The van der Waals surface area contributed by atoms with Crippen molar-refractivity contribution in [3.63, 3.8) is 0 Å². The Labute approximate surface area is 172 Å². The van der Waals surface area contributed by atoms with Crippen LogP contribution in [0.2, 0.25) is 0 Å². The van der Waals surface area contributed by atoms with E-state index in [1.807, 2.05) is 24.4 Å². The van der Waals surface area contributed by atoms with Crippen LogP contribution >= 0.6 is 0 Å². The van der Waals surface area contributed by atoms with Crippen LogP contribution in [0.3, 0.4) is 0 Å². The molecule has 0 spiro atoms. The van der Waals surface area contributed by atoms with Gasteiger partial charge in [0.2, 0.25) is 0 Å². The van der Waals surface area contributed by atoms with Crippen LogP contribution in [0.5, 0.6) is 11.5 Å². The van der Waals surface area contributed by atoms with Crippen molar-refractivity contribution in [1.29, 1.82) is 0 Å². The molecule has 0 bridgehead atoms. The minimum Gasteiger partial charge on any atom is -0.493 e. The number of piperazine rings is 1. The van der Waals surface area contributed by atoms with Gasteiger partial charge in [0.1, 0.15) is 0 Å². The van der Waals surface area contributed by atoms with Gasteiger partial charge >= 0.3 is 0 Å². The van der Waals surface area contributed by atoms with Crippen LogP contribution in [0.25, 0.3) is 10.8 Å². The van der Waals surface area contributed by atoms with Crippen LogP contribution in [0.15, 0.2) is 65.8 Å². The van der Waals surface area contributed by atoms with E-state index in [1.165, 1.54) is 16.3 Å². The topological polar surface area (TPSA) is 37.3 Å². The predicted octanol–water partition coefficient (Wildman–Crippen LogP) is 4.01. The molecule has 1 fully saturated rings. The Bertz CT molecular complexity index is 989. The van der Waals surface area contributed by atoms with E-state index in [9.17, 15) is 0 Å². The number of rotatable bonds is 6. The van der Waals surface area contributed by atoms with Gasteiger partial charge in [-0.15, -0.1) is 0 Å². The third-order valence-electron chi connectivity index (χ3n) is 5.42. The standard InChI is InChI=1S/C24H27N3O2/c1-28-23-12-6-9-20(24(23)29-2)17-25-27-15-13-26(14-16-27)18-21-10-5-8-19-7-3-4-11-22(19)21/h3-12,17H,13-16,18H2,1-2H3/b25-17-. The highest BCUT2D eigenvalue weighted by molar-refractivity contribution is 5.86. The summed E-state index contributed by atoms with van der Waals surface area (Å²) >= 11 is 0. The maximum absolute atomic E-state index is 5.48. The second-order valence-corrected chi connectivity index (χ2v) is 7.20. The number of para-hydroxylation sites is 1. The van der Waals surface area contributed by atoms with Crippen molar-refractivity contribution in [3.8, 4) is 11.5 Å². The summed E-state index contributed by atoms with van der Waals surface area (Å²) in [5, 5.41) is 9.45. The fourth-order valence-electron chi connectivity index (χ4n) is 3.84. The molecule has 3 aromatic carbocycles. The second-order valence-electron chi connectivity index (χ2n) is 7.20. The Kier molecular flexibility index (Phi) is 5.96. The molecule has 5 heteroatoms. The molecule has 150 valence electrons. The van der Waals surface area contributed by atoms with Crippen LogP contribution in [-0.4, -0.2) is 56.5 Å². The van der Waals surface area contributed by atoms with Gasteiger partial charge in [-0.05, 0) is 28.5 Å². The Hall–Kier alpha value is -3.05. The monoisotopic (exact) mass is 389 g/mol. The highest BCUT2D eigenvalue weighted by Gasteiger charge is 2.16. The first kappa shape index (κ1) is 19.3. The minimum atomic E-state index is 0.716. The molecule has 1 heterocycles. The predicted molar refractivity (Wildman–Crippen MR) is 118 cm³/mol. The average Bonchev–Trinajstić information content (AvgIpc) is 2.78. The van der Waals surface area contributed by atoms with E-state index in [4.69, 9.17) is 9.47 Å². The van der Waals surface area contributed by atoms with Gasteiger partial charge in [-0.3, -0.25) is 9.91 Å². The van der Waals surface area contributed by atoms with Gasteiger partial charge in [0.15, 0.2) is 11.5 Å². The zero-order chi connectivity index (χ0) is 20.1. The lowest BCUT2D eigenvalue weighted by Gasteiger charge is -2.33. The molecule has 1 aliphatic rings. The number of methoxy groups -OCH3 is 2. The van der Waals surface area contributed by atoms with Crippen LogP contribution in [0.4, 0.5) is 0 Å². The van der Waals surface area contributed by atoms with Gasteiger partial charge in [0, 0.05) is 38.3 Å². The third-order valence-corrected chi connectivity index (χ3v) is 5.42. The normalized spacial score (nSPS) is 15.2. The van der Waals surface area contributed by atoms with Crippen molar-refractivity contribution < 1.29 is 9.47 Å². The zero-order valence-corrected chi connectivity index (χ0v) is 17.0. The van der Waals surface area contributed by atoms with E-state index < -0.39 is 0 Å². The van der Waals surface area contributed by atoms with E-state index >= 15 is 0 Å². The molecule has 0 N–H and O–H groups in total. The summed E-state index contributed by atoms with van der Waals surface area (Å²) in [5.41, 5.74) is 2.31. The molecule has 0 aromatic heterocycles. The molecule has 0 unspecified atom stereocenters. The van der Waals surface area contributed by atoms with Gasteiger partial charge in [0.25, 0.3) is 0 Å². The molecule has 0 atom stereocenters. The number of ether oxygens (including phenoxy) is 2. The number of hydrazone groups is 1. The maximum Gasteiger partial charge on any atom is 0.169 e. The van der Waals surface area contributed by atoms with Crippen LogP contribution in [0.1, 0.15) is 11.1 Å². The fourth-order valence-corrected chi connectivity index (χ4v) is 3.84. The van der Waals surface area contributed by atoms with Crippen LogP contribution in [-0.2, 0) is 6.54 Å². The molecule has 0 amide bonds. The van der Waals surface area contributed by atoms with E-state index in [1.54, 1.807) is 14.2 Å². The highest BCUT2D eigenvalue weighted by atomic mass is 16.5. The summed E-state index contributed by atoms with van der Waals surface area (Å²) < 4.78 is 10.8. The van der Waals surface area contributed by atoms with E-state index in [-0.39, 0.29) is 0 Å². The van der Waals surface area contributed by atoms with E-state index in [0.717, 1.165) is 44.0 Å². The molecule has 3 aromatic rings. The maximum atomic E-state index is 5.48. The van der Waals surface area contributed by atoms with Crippen molar-refractivity contribution in [2.75, 3.05) is 40.4 Å². The summed E-state index contributed by atoms with van der Waals surface area (Å²) in [7, 11) is 3.30. The van der Waals surface area contributed by atoms with Crippen molar-refractivity contribution in [2.45, 2.75) is 6.54 Å². The lowest BCUT2D eigenvalue weighted by atomic mass is 10.0. The molecular weight excluding hydrogens is 362 g/mol. The Morgan fingerprint density at radius 1 is 0.862 bits per heavy atom. The molecular formula is C24H27N3O2. The van der Waals surface area contributed by atoms with Crippen molar-refractivity contribution in [2.24, 2.45) is 5.10 Å². The molecule has 0 saturated carbocycles. The van der Waals surface area contributed by atoms with Crippen LogP contribution < -0.4 is 9.47 Å². The molecule has 1 saturated heterocycles. The van der Waals surface area contributed by atoms with Gasteiger partial charge in [-0.2, -0.15) is 5.10 Å². The number of benzene rings is 3. The first-order chi connectivity index (χ1) is 14.3. The second kappa shape index (κ2) is 8.97. The molecule has 29 heavy (non-hydrogen) atoms. The van der Waals surface area contributed by atoms with Crippen LogP contribution in [0, 0.1) is 0 Å².